The molecule has 6 heteroatoms. The first-order chi connectivity index (χ1) is 13.7. The minimum absolute atomic E-state index is 0.0265. The van der Waals surface area contributed by atoms with Crippen LogP contribution in [0.2, 0.25) is 0 Å². The maximum atomic E-state index is 13.1. The molecule has 3 aromatic rings. The molecule has 0 N–H and O–H groups in total. The zero-order chi connectivity index (χ0) is 19.3. The molecule has 0 unspecified atom stereocenters. The second-order valence-electron chi connectivity index (χ2n) is 7.05. The lowest BCUT2D eigenvalue weighted by Gasteiger charge is -2.22. The molecule has 140 valence electrons. The monoisotopic (exact) mass is 388 g/mol. The van der Waals surface area contributed by atoms with Gasteiger partial charge in [0.2, 0.25) is 0 Å². The smallest absolute Gasteiger partial charge is 0.270 e. The number of benzene rings is 1. The summed E-state index contributed by atoms with van der Waals surface area (Å²) in [6.45, 7) is 4.49. The Morgan fingerprint density at radius 2 is 2.11 bits per heavy atom. The molecule has 5 rings (SSSR count). The molecule has 2 aliphatic rings. The summed E-state index contributed by atoms with van der Waals surface area (Å²) in [7, 11) is 1.77. The summed E-state index contributed by atoms with van der Waals surface area (Å²) < 4.78 is 1.16. The van der Waals surface area contributed by atoms with Crippen molar-refractivity contribution in [3.8, 4) is 0 Å². The van der Waals surface area contributed by atoms with Crippen LogP contribution in [0.15, 0.2) is 60.2 Å². The number of thiophene rings is 1. The van der Waals surface area contributed by atoms with Gasteiger partial charge in [-0.05, 0) is 42.6 Å². The van der Waals surface area contributed by atoms with E-state index in [2.05, 4.69) is 28.6 Å². The second-order valence-corrected chi connectivity index (χ2v) is 8.10. The third-order valence-corrected chi connectivity index (χ3v) is 6.49. The maximum absolute atomic E-state index is 13.1. The number of amidine groups is 1. The van der Waals surface area contributed by atoms with Crippen molar-refractivity contribution in [1.82, 2.24) is 9.88 Å². The first-order valence-corrected chi connectivity index (χ1v) is 10.2. The van der Waals surface area contributed by atoms with Crippen molar-refractivity contribution in [2.75, 3.05) is 11.9 Å². The van der Waals surface area contributed by atoms with Crippen LogP contribution in [-0.4, -0.2) is 34.7 Å². The Hall–Kier alpha value is -2.99. The summed E-state index contributed by atoms with van der Waals surface area (Å²) in [5.41, 5.74) is 1.87. The van der Waals surface area contributed by atoms with E-state index in [0.717, 1.165) is 44.9 Å². The molecule has 1 saturated carbocycles. The molecule has 1 aliphatic heterocycles. The Morgan fingerprint density at radius 3 is 2.86 bits per heavy atom. The molecule has 0 atom stereocenters. The standard InChI is InChI=1S/C22H20N4OS/c1-3-25(14-11-12-14)21(23-2)17-8-6-10-19(24-17)26-13-16-15-7-4-5-9-18(15)28-20(16)22(26)27/h3-10,14H,1,11-13H2,2H3/b23-21-. The van der Waals surface area contributed by atoms with Gasteiger partial charge in [0.15, 0.2) is 5.84 Å². The Labute approximate surface area is 167 Å². The number of aliphatic imine (C=N–C) groups is 1. The van der Waals surface area contributed by atoms with Crippen molar-refractivity contribution in [1.29, 1.82) is 0 Å². The SMILES string of the molecule is C=CN(/C(=N\C)c1cccc(N2Cc3c(sc4ccccc34)C2=O)n1)C1CC1. The lowest BCUT2D eigenvalue weighted by atomic mass is 10.1. The lowest BCUT2D eigenvalue weighted by molar-refractivity contribution is 0.0999. The Bertz CT molecular complexity index is 1130. The van der Waals surface area contributed by atoms with Crippen LogP contribution in [0.3, 0.4) is 0 Å². The van der Waals surface area contributed by atoms with Crippen LogP contribution in [0.5, 0.6) is 0 Å². The van der Waals surface area contributed by atoms with Crippen molar-refractivity contribution in [3.63, 3.8) is 0 Å². The van der Waals surface area contributed by atoms with Gasteiger partial charge < -0.3 is 4.90 Å². The van der Waals surface area contributed by atoms with E-state index in [0.29, 0.717) is 18.4 Å². The molecule has 0 saturated heterocycles. The van der Waals surface area contributed by atoms with E-state index in [1.165, 1.54) is 0 Å². The van der Waals surface area contributed by atoms with Gasteiger partial charge in [0.1, 0.15) is 11.5 Å². The third kappa shape index (κ3) is 2.64. The number of carbonyl (C=O) groups excluding carboxylic acids is 1. The number of nitrogens with zero attached hydrogens (tertiary/aromatic N) is 4. The summed E-state index contributed by atoms with van der Waals surface area (Å²) in [5.74, 6) is 1.49. The highest BCUT2D eigenvalue weighted by Crippen LogP contribution is 2.39. The largest absolute Gasteiger partial charge is 0.329 e. The van der Waals surface area contributed by atoms with E-state index in [4.69, 9.17) is 4.98 Å². The molecule has 0 spiro atoms. The average Bonchev–Trinajstić information content (AvgIpc) is 3.42. The van der Waals surface area contributed by atoms with Crippen molar-refractivity contribution in [3.05, 3.63) is 71.4 Å². The highest BCUT2D eigenvalue weighted by molar-refractivity contribution is 7.21. The summed E-state index contributed by atoms with van der Waals surface area (Å²) in [6.07, 6.45) is 4.10. The van der Waals surface area contributed by atoms with Gasteiger partial charge in [0, 0.05) is 23.4 Å². The fourth-order valence-electron chi connectivity index (χ4n) is 3.79. The Balaban J connectivity index is 1.50. The topological polar surface area (TPSA) is 48.8 Å². The number of amides is 1. The molecule has 5 nitrogen and oxygen atoms in total. The molecule has 28 heavy (non-hydrogen) atoms. The maximum Gasteiger partial charge on any atom is 0.270 e. The van der Waals surface area contributed by atoms with E-state index in [1.54, 1.807) is 23.3 Å². The highest BCUT2D eigenvalue weighted by Gasteiger charge is 2.34. The van der Waals surface area contributed by atoms with Gasteiger partial charge in [-0.15, -0.1) is 11.3 Å². The number of hydrogen-bond acceptors (Lipinski definition) is 4. The predicted octanol–water partition coefficient (Wildman–Crippen LogP) is 4.44. The van der Waals surface area contributed by atoms with E-state index < -0.39 is 0 Å². The average molecular weight is 388 g/mol. The summed E-state index contributed by atoms with van der Waals surface area (Å²) in [4.78, 5) is 27.0. The van der Waals surface area contributed by atoms with Crippen LogP contribution in [0, 0.1) is 0 Å². The van der Waals surface area contributed by atoms with Crippen LogP contribution >= 0.6 is 11.3 Å². The summed E-state index contributed by atoms with van der Waals surface area (Å²) >= 11 is 1.56. The molecule has 1 aliphatic carbocycles. The fourth-order valence-corrected chi connectivity index (χ4v) is 4.95. The minimum atomic E-state index is 0.0265. The predicted molar refractivity (Wildman–Crippen MR) is 114 cm³/mol. The first kappa shape index (κ1) is 17.1. The van der Waals surface area contributed by atoms with Gasteiger partial charge in [0.25, 0.3) is 5.91 Å². The van der Waals surface area contributed by atoms with Gasteiger partial charge in [-0.3, -0.25) is 14.7 Å². The first-order valence-electron chi connectivity index (χ1n) is 9.38. The molecule has 1 fully saturated rings. The Morgan fingerprint density at radius 1 is 1.29 bits per heavy atom. The second kappa shape index (κ2) is 6.56. The number of hydrogen-bond donors (Lipinski definition) is 0. The molecular formula is C22H20N4OS. The molecule has 2 aromatic heterocycles. The van der Waals surface area contributed by atoms with Crippen molar-refractivity contribution >= 4 is 39.0 Å². The molecule has 3 heterocycles. The molecular weight excluding hydrogens is 368 g/mol. The zero-order valence-corrected chi connectivity index (χ0v) is 16.4. The summed E-state index contributed by atoms with van der Waals surface area (Å²) in [6, 6.07) is 14.4. The number of anilines is 1. The Kier molecular flexibility index (Phi) is 4.02. The molecule has 1 amide bonds. The number of fused-ring (bicyclic) bond motifs is 3. The van der Waals surface area contributed by atoms with Crippen LogP contribution in [0.1, 0.15) is 33.8 Å². The molecule has 1 aromatic carbocycles. The normalized spacial score (nSPS) is 16.5. The van der Waals surface area contributed by atoms with Crippen molar-refractivity contribution < 1.29 is 4.79 Å². The number of carbonyl (C=O) groups is 1. The third-order valence-electron chi connectivity index (χ3n) is 5.29. The van der Waals surface area contributed by atoms with E-state index in [9.17, 15) is 4.79 Å². The van der Waals surface area contributed by atoms with Crippen LogP contribution in [0.4, 0.5) is 5.82 Å². The lowest BCUT2D eigenvalue weighted by Crippen LogP contribution is -2.30. The van der Waals surface area contributed by atoms with Crippen molar-refractivity contribution in [2.24, 2.45) is 4.99 Å². The van der Waals surface area contributed by atoms with Crippen LogP contribution in [0.25, 0.3) is 10.1 Å². The fraction of sp³-hybridized carbons (Fsp3) is 0.227. The van der Waals surface area contributed by atoms with E-state index in [1.807, 2.05) is 36.5 Å². The number of rotatable bonds is 4. The van der Waals surface area contributed by atoms with Crippen LogP contribution < -0.4 is 4.90 Å². The quantitative estimate of drug-likeness (QED) is 0.490. The summed E-state index contributed by atoms with van der Waals surface area (Å²) in [5, 5.41) is 1.16. The molecule has 0 radical (unpaired) electrons. The van der Waals surface area contributed by atoms with E-state index in [-0.39, 0.29) is 5.91 Å². The highest BCUT2D eigenvalue weighted by atomic mass is 32.1. The zero-order valence-electron chi connectivity index (χ0n) is 15.6. The van der Waals surface area contributed by atoms with Gasteiger partial charge >= 0.3 is 0 Å². The van der Waals surface area contributed by atoms with Gasteiger partial charge in [-0.2, -0.15) is 0 Å². The van der Waals surface area contributed by atoms with Gasteiger partial charge in [-0.25, -0.2) is 4.98 Å². The molecule has 0 bridgehead atoms. The van der Waals surface area contributed by atoms with Gasteiger partial charge in [-0.1, -0.05) is 30.8 Å². The number of pyridine rings is 1. The van der Waals surface area contributed by atoms with Crippen LogP contribution in [-0.2, 0) is 6.54 Å². The van der Waals surface area contributed by atoms with Gasteiger partial charge in [0.05, 0.1) is 11.4 Å². The number of aromatic nitrogens is 1. The van der Waals surface area contributed by atoms with Crippen molar-refractivity contribution in [2.45, 2.75) is 25.4 Å². The van der Waals surface area contributed by atoms with E-state index >= 15 is 0 Å². The minimum Gasteiger partial charge on any atom is -0.329 e.